The van der Waals surface area contributed by atoms with Crippen molar-refractivity contribution in [2.75, 3.05) is 17.7 Å². The molecule has 2 aromatic heterocycles. The molecular weight excluding hydrogens is 409 g/mol. The SMILES string of the molecule is CNC(=O)c1cc2cc(Nc3ncc(F)c(Nc4cccc(C(C)(C)C)c4)n3)ccc2o1. The fourth-order valence-electron chi connectivity index (χ4n) is 3.20. The van der Waals surface area contributed by atoms with Gasteiger partial charge in [0.1, 0.15) is 5.58 Å². The quantitative estimate of drug-likeness (QED) is 0.385. The van der Waals surface area contributed by atoms with E-state index in [4.69, 9.17) is 4.42 Å². The van der Waals surface area contributed by atoms with Crippen LogP contribution in [0.2, 0.25) is 0 Å². The molecule has 0 radical (unpaired) electrons. The van der Waals surface area contributed by atoms with E-state index in [-0.39, 0.29) is 28.8 Å². The van der Waals surface area contributed by atoms with Crippen LogP contribution in [0.3, 0.4) is 0 Å². The first kappa shape index (κ1) is 21.3. The molecule has 164 valence electrons. The van der Waals surface area contributed by atoms with Crippen LogP contribution in [-0.2, 0) is 5.41 Å². The van der Waals surface area contributed by atoms with Crippen LogP contribution >= 0.6 is 0 Å². The third-order valence-corrected chi connectivity index (χ3v) is 4.96. The Morgan fingerprint density at radius 3 is 2.56 bits per heavy atom. The van der Waals surface area contributed by atoms with Crippen LogP contribution in [0, 0.1) is 5.82 Å². The summed E-state index contributed by atoms with van der Waals surface area (Å²) in [5.41, 5.74) is 3.09. The van der Waals surface area contributed by atoms with Crippen LogP contribution < -0.4 is 16.0 Å². The molecule has 0 aliphatic heterocycles. The molecular formula is C24H24FN5O2. The number of hydrogen-bond acceptors (Lipinski definition) is 6. The smallest absolute Gasteiger partial charge is 0.286 e. The van der Waals surface area contributed by atoms with Gasteiger partial charge in [0.2, 0.25) is 5.95 Å². The van der Waals surface area contributed by atoms with Crippen molar-refractivity contribution in [3.8, 4) is 0 Å². The maximum absolute atomic E-state index is 14.4. The van der Waals surface area contributed by atoms with E-state index in [1.54, 1.807) is 31.3 Å². The first-order valence-electron chi connectivity index (χ1n) is 10.2. The first-order chi connectivity index (χ1) is 15.2. The number of carbonyl (C=O) groups is 1. The molecule has 0 spiro atoms. The summed E-state index contributed by atoms with van der Waals surface area (Å²) >= 11 is 0. The van der Waals surface area contributed by atoms with E-state index in [1.165, 1.54) is 0 Å². The third kappa shape index (κ3) is 4.54. The summed E-state index contributed by atoms with van der Waals surface area (Å²) in [6, 6.07) is 14.8. The molecule has 2 heterocycles. The molecule has 3 N–H and O–H groups in total. The highest BCUT2D eigenvalue weighted by Gasteiger charge is 2.15. The Morgan fingerprint density at radius 1 is 1.03 bits per heavy atom. The summed E-state index contributed by atoms with van der Waals surface area (Å²) in [4.78, 5) is 20.1. The average molecular weight is 433 g/mol. The number of hydrogen-bond donors (Lipinski definition) is 3. The minimum Gasteiger partial charge on any atom is -0.451 e. The summed E-state index contributed by atoms with van der Waals surface area (Å²) in [6.45, 7) is 6.36. The zero-order valence-corrected chi connectivity index (χ0v) is 18.3. The third-order valence-electron chi connectivity index (χ3n) is 4.96. The van der Waals surface area contributed by atoms with Gasteiger partial charge in [0.25, 0.3) is 5.91 Å². The van der Waals surface area contributed by atoms with Crippen molar-refractivity contribution in [3.63, 3.8) is 0 Å². The predicted molar refractivity (Wildman–Crippen MR) is 123 cm³/mol. The fraction of sp³-hybridized carbons (Fsp3) is 0.208. The zero-order chi connectivity index (χ0) is 22.9. The number of amides is 1. The van der Waals surface area contributed by atoms with Crippen molar-refractivity contribution in [1.29, 1.82) is 0 Å². The maximum atomic E-state index is 14.4. The Morgan fingerprint density at radius 2 is 1.81 bits per heavy atom. The van der Waals surface area contributed by atoms with E-state index in [1.807, 2.05) is 24.3 Å². The van der Waals surface area contributed by atoms with E-state index in [0.29, 0.717) is 11.3 Å². The number of furan rings is 1. The Labute approximate surface area is 185 Å². The van der Waals surface area contributed by atoms with Crippen LogP contribution in [-0.4, -0.2) is 22.9 Å². The predicted octanol–water partition coefficient (Wildman–Crippen LogP) is 5.51. The lowest BCUT2D eigenvalue weighted by atomic mass is 9.87. The zero-order valence-electron chi connectivity index (χ0n) is 18.3. The monoisotopic (exact) mass is 433 g/mol. The van der Waals surface area contributed by atoms with Crippen molar-refractivity contribution >= 4 is 40.0 Å². The molecule has 0 atom stereocenters. The molecule has 1 amide bonds. The molecule has 0 unspecified atom stereocenters. The molecule has 0 fully saturated rings. The highest BCUT2D eigenvalue weighted by atomic mass is 19.1. The van der Waals surface area contributed by atoms with E-state index < -0.39 is 5.82 Å². The van der Waals surface area contributed by atoms with E-state index in [0.717, 1.165) is 22.8 Å². The largest absolute Gasteiger partial charge is 0.451 e. The van der Waals surface area contributed by atoms with Crippen LogP contribution in [0.15, 0.2) is 59.1 Å². The van der Waals surface area contributed by atoms with Crippen molar-refractivity contribution in [2.45, 2.75) is 26.2 Å². The van der Waals surface area contributed by atoms with Gasteiger partial charge in [-0.2, -0.15) is 4.98 Å². The van der Waals surface area contributed by atoms with Gasteiger partial charge < -0.3 is 20.4 Å². The lowest BCUT2D eigenvalue weighted by molar-refractivity contribution is 0.0938. The maximum Gasteiger partial charge on any atom is 0.286 e. The van der Waals surface area contributed by atoms with Gasteiger partial charge in [-0.15, -0.1) is 0 Å². The molecule has 4 rings (SSSR count). The molecule has 8 heteroatoms. The molecule has 32 heavy (non-hydrogen) atoms. The van der Waals surface area contributed by atoms with Crippen molar-refractivity contribution in [3.05, 3.63) is 71.9 Å². The van der Waals surface area contributed by atoms with Crippen molar-refractivity contribution < 1.29 is 13.6 Å². The Hall–Kier alpha value is -3.94. The van der Waals surface area contributed by atoms with Crippen molar-refractivity contribution in [1.82, 2.24) is 15.3 Å². The molecule has 0 bridgehead atoms. The molecule has 2 aromatic carbocycles. The van der Waals surface area contributed by atoms with E-state index >= 15 is 0 Å². The second kappa shape index (κ2) is 8.30. The number of fused-ring (bicyclic) bond motifs is 1. The molecule has 0 saturated heterocycles. The first-order valence-corrected chi connectivity index (χ1v) is 10.2. The highest BCUT2D eigenvalue weighted by molar-refractivity contribution is 5.96. The van der Waals surface area contributed by atoms with Gasteiger partial charge in [-0.3, -0.25) is 4.79 Å². The summed E-state index contributed by atoms with van der Waals surface area (Å²) in [7, 11) is 1.54. The van der Waals surface area contributed by atoms with E-state index in [9.17, 15) is 9.18 Å². The fourth-order valence-corrected chi connectivity index (χ4v) is 3.20. The molecule has 0 aliphatic rings. The summed E-state index contributed by atoms with van der Waals surface area (Å²) in [5.74, 6) is -0.335. The van der Waals surface area contributed by atoms with Gasteiger partial charge in [-0.1, -0.05) is 32.9 Å². The normalized spacial score (nSPS) is 11.4. The molecule has 0 aliphatic carbocycles. The molecule has 7 nitrogen and oxygen atoms in total. The van der Waals surface area contributed by atoms with Gasteiger partial charge >= 0.3 is 0 Å². The number of aromatic nitrogens is 2. The average Bonchev–Trinajstić information content (AvgIpc) is 3.18. The molecule has 0 saturated carbocycles. The Balaban J connectivity index is 1.57. The van der Waals surface area contributed by atoms with E-state index in [2.05, 4.69) is 46.7 Å². The topological polar surface area (TPSA) is 92.1 Å². The minimum atomic E-state index is -0.558. The van der Waals surface area contributed by atoms with Gasteiger partial charge in [-0.25, -0.2) is 9.37 Å². The van der Waals surface area contributed by atoms with Gasteiger partial charge in [-0.05, 0) is 47.4 Å². The van der Waals surface area contributed by atoms with Gasteiger partial charge in [0.15, 0.2) is 17.4 Å². The lowest BCUT2D eigenvalue weighted by Crippen LogP contribution is -2.16. The summed E-state index contributed by atoms with van der Waals surface area (Å²) in [6.07, 6.45) is 1.12. The highest BCUT2D eigenvalue weighted by Crippen LogP contribution is 2.28. The second-order valence-corrected chi connectivity index (χ2v) is 8.41. The number of nitrogens with one attached hydrogen (secondary N) is 3. The second-order valence-electron chi connectivity index (χ2n) is 8.41. The van der Waals surface area contributed by atoms with Crippen LogP contribution in [0.5, 0.6) is 0 Å². The summed E-state index contributed by atoms with van der Waals surface area (Å²) < 4.78 is 19.9. The number of nitrogens with zero attached hydrogens (tertiary/aromatic N) is 2. The number of halogens is 1. The van der Waals surface area contributed by atoms with Crippen LogP contribution in [0.25, 0.3) is 11.0 Å². The Bertz CT molecular complexity index is 1290. The Kier molecular flexibility index (Phi) is 5.52. The number of benzene rings is 2. The van der Waals surface area contributed by atoms with Gasteiger partial charge in [0, 0.05) is 23.8 Å². The van der Waals surface area contributed by atoms with Crippen molar-refractivity contribution in [2.24, 2.45) is 0 Å². The van der Waals surface area contributed by atoms with Crippen LogP contribution in [0.4, 0.5) is 27.5 Å². The number of rotatable bonds is 5. The summed E-state index contributed by atoms with van der Waals surface area (Å²) in [5, 5.41) is 9.38. The van der Waals surface area contributed by atoms with Crippen LogP contribution in [0.1, 0.15) is 36.9 Å². The molecule has 4 aromatic rings. The number of carbonyl (C=O) groups excluding carboxylic acids is 1. The minimum absolute atomic E-state index is 0.0297. The standard InChI is InChI=1S/C24H24FN5O2/c1-24(2,3)15-6-5-7-16(12-15)28-21-18(25)13-27-23(30-21)29-17-8-9-19-14(10-17)11-20(32-19)22(31)26-4/h5-13H,1-4H3,(H,26,31)(H2,27,28,29,30). The lowest BCUT2D eigenvalue weighted by Gasteiger charge is -2.20. The van der Waals surface area contributed by atoms with Gasteiger partial charge in [0.05, 0.1) is 6.20 Å². The number of anilines is 4.